The van der Waals surface area contributed by atoms with E-state index in [1.807, 2.05) is 19.0 Å². The second-order valence-electron chi connectivity index (χ2n) is 5.97. The molecule has 26 heavy (non-hydrogen) atoms. The van der Waals surface area contributed by atoms with Crippen LogP contribution in [-0.4, -0.2) is 32.6 Å². The Hall–Kier alpha value is -2.24. The molecule has 1 N–H and O–H groups in total. The van der Waals surface area contributed by atoms with E-state index >= 15 is 0 Å². The van der Waals surface area contributed by atoms with E-state index in [1.54, 1.807) is 49.4 Å². The zero-order chi connectivity index (χ0) is 19.3. The van der Waals surface area contributed by atoms with Crippen LogP contribution in [0.4, 0.5) is 5.69 Å². The van der Waals surface area contributed by atoms with Gasteiger partial charge in [0.25, 0.3) is 5.91 Å². The highest BCUT2D eigenvalue weighted by molar-refractivity contribution is 6.35. The highest BCUT2D eigenvalue weighted by atomic mass is 35.5. The average molecular weight is 395 g/mol. The van der Waals surface area contributed by atoms with Crippen LogP contribution in [0.25, 0.3) is 0 Å². The van der Waals surface area contributed by atoms with E-state index in [1.165, 1.54) is 0 Å². The van der Waals surface area contributed by atoms with Crippen LogP contribution in [0.1, 0.15) is 28.9 Å². The average Bonchev–Trinajstić information content (AvgIpc) is 2.59. The topological polar surface area (TPSA) is 58.6 Å². The molecule has 1 amide bonds. The summed E-state index contributed by atoms with van der Waals surface area (Å²) >= 11 is 12.0. The Morgan fingerprint density at radius 2 is 1.77 bits per heavy atom. The first kappa shape index (κ1) is 20.1. The minimum Gasteiger partial charge on any atom is -0.452 e. The number of ether oxygens (including phenoxy) is 1. The Bertz CT molecular complexity index is 792. The summed E-state index contributed by atoms with van der Waals surface area (Å²) in [5.41, 5.74) is 2.08. The van der Waals surface area contributed by atoms with Gasteiger partial charge in [0.2, 0.25) is 0 Å². The summed E-state index contributed by atoms with van der Waals surface area (Å²) in [7, 11) is 3.82. The maximum absolute atomic E-state index is 12.0. The van der Waals surface area contributed by atoms with Gasteiger partial charge in [-0.25, -0.2) is 4.79 Å². The summed E-state index contributed by atoms with van der Waals surface area (Å²) < 4.78 is 5.06. The number of amides is 1. The summed E-state index contributed by atoms with van der Waals surface area (Å²) in [6.45, 7) is 1.42. The Labute approximate surface area is 162 Å². The SMILES string of the molecule is C[C@@H](NC(=O)COC(=O)c1ccc(N(C)C)cc1)c1ccc(Cl)cc1Cl. The Morgan fingerprint density at radius 1 is 1.12 bits per heavy atom. The van der Waals surface area contributed by atoms with Crippen molar-refractivity contribution in [2.24, 2.45) is 0 Å². The summed E-state index contributed by atoms with van der Waals surface area (Å²) in [5.74, 6) is -0.968. The Kier molecular flexibility index (Phi) is 6.89. The van der Waals surface area contributed by atoms with E-state index < -0.39 is 11.9 Å². The first-order chi connectivity index (χ1) is 12.3. The molecule has 0 aliphatic carbocycles. The molecule has 0 fully saturated rings. The number of carbonyl (C=O) groups is 2. The Balaban J connectivity index is 1.88. The van der Waals surface area contributed by atoms with E-state index in [0.717, 1.165) is 11.3 Å². The largest absolute Gasteiger partial charge is 0.452 e. The van der Waals surface area contributed by atoms with Crippen LogP contribution < -0.4 is 10.2 Å². The van der Waals surface area contributed by atoms with Crippen molar-refractivity contribution in [2.75, 3.05) is 25.6 Å². The maximum atomic E-state index is 12.0. The molecule has 0 heterocycles. The summed E-state index contributed by atoms with van der Waals surface area (Å²) in [5, 5.41) is 3.72. The predicted octanol–water partition coefficient (Wildman–Crippen LogP) is 4.09. The van der Waals surface area contributed by atoms with Crippen molar-refractivity contribution in [3.05, 3.63) is 63.6 Å². The zero-order valence-electron chi connectivity index (χ0n) is 14.8. The lowest BCUT2D eigenvalue weighted by Crippen LogP contribution is -2.31. The molecular weight excluding hydrogens is 375 g/mol. The van der Waals surface area contributed by atoms with E-state index in [2.05, 4.69) is 5.32 Å². The maximum Gasteiger partial charge on any atom is 0.338 e. The lowest BCUT2D eigenvalue weighted by molar-refractivity contribution is -0.124. The molecule has 138 valence electrons. The Morgan fingerprint density at radius 3 is 2.35 bits per heavy atom. The van der Waals surface area contributed by atoms with Crippen molar-refractivity contribution in [1.82, 2.24) is 5.32 Å². The summed E-state index contributed by atoms with van der Waals surface area (Å²) in [4.78, 5) is 26.0. The minimum atomic E-state index is -0.553. The van der Waals surface area contributed by atoms with Crippen LogP contribution in [0.2, 0.25) is 10.0 Å². The number of rotatable bonds is 6. The number of anilines is 1. The van der Waals surface area contributed by atoms with Gasteiger partial charge in [0.15, 0.2) is 6.61 Å². The molecule has 0 unspecified atom stereocenters. The molecule has 7 heteroatoms. The monoisotopic (exact) mass is 394 g/mol. The predicted molar refractivity (Wildman–Crippen MR) is 104 cm³/mol. The molecule has 2 rings (SSSR count). The first-order valence-corrected chi connectivity index (χ1v) is 8.72. The fourth-order valence-corrected chi connectivity index (χ4v) is 2.90. The standard InChI is InChI=1S/C19H20Cl2N2O3/c1-12(16-9-6-14(20)10-17(16)21)22-18(24)11-26-19(25)13-4-7-15(8-5-13)23(2)3/h4-10,12H,11H2,1-3H3,(H,22,24)/t12-/m1/s1. The molecular formula is C19H20Cl2N2O3. The van der Waals surface area contributed by atoms with Gasteiger partial charge in [-0.3, -0.25) is 4.79 Å². The molecule has 5 nitrogen and oxygen atoms in total. The molecule has 2 aromatic carbocycles. The van der Waals surface area contributed by atoms with E-state index in [-0.39, 0.29) is 12.6 Å². The molecule has 2 aromatic rings. The van der Waals surface area contributed by atoms with Crippen molar-refractivity contribution < 1.29 is 14.3 Å². The lowest BCUT2D eigenvalue weighted by atomic mass is 10.1. The van der Waals surface area contributed by atoms with Crippen molar-refractivity contribution in [3.8, 4) is 0 Å². The van der Waals surface area contributed by atoms with Crippen molar-refractivity contribution in [1.29, 1.82) is 0 Å². The number of halogens is 2. The summed E-state index contributed by atoms with van der Waals surface area (Å²) in [6.07, 6.45) is 0. The molecule has 1 atom stereocenters. The van der Waals surface area contributed by atoms with E-state index in [4.69, 9.17) is 27.9 Å². The lowest BCUT2D eigenvalue weighted by Gasteiger charge is -2.16. The van der Waals surface area contributed by atoms with Gasteiger partial charge in [0.1, 0.15) is 0 Å². The van der Waals surface area contributed by atoms with Crippen molar-refractivity contribution >= 4 is 40.8 Å². The van der Waals surface area contributed by atoms with Gasteiger partial charge in [-0.05, 0) is 48.9 Å². The first-order valence-electron chi connectivity index (χ1n) is 7.96. The molecule has 0 aliphatic rings. The van der Waals surface area contributed by atoms with Crippen LogP contribution in [0.15, 0.2) is 42.5 Å². The highest BCUT2D eigenvalue weighted by Gasteiger charge is 2.15. The van der Waals surface area contributed by atoms with Gasteiger partial charge in [-0.2, -0.15) is 0 Å². The number of esters is 1. The normalized spacial score (nSPS) is 11.6. The van der Waals surface area contributed by atoms with E-state index in [9.17, 15) is 9.59 Å². The minimum absolute atomic E-state index is 0.342. The fraction of sp³-hybridized carbons (Fsp3) is 0.263. The number of nitrogens with one attached hydrogen (secondary N) is 1. The van der Waals surface area contributed by atoms with Crippen LogP contribution in [0.5, 0.6) is 0 Å². The number of nitrogens with zero attached hydrogens (tertiary/aromatic N) is 1. The molecule has 0 saturated carbocycles. The third-order valence-corrected chi connectivity index (χ3v) is 4.32. The van der Waals surface area contributed by atoms with Crippen LogP contribution in [0.3, 0.4) is 0 Å². The third kappa shape index (κ3) is 5.38. The zero-order valence-corrected chi connectivity index (χ0v) is 16.3. The van der Waals surface area contributed by atoms with Gasteiger partial charge < -0.3 is 15.0 Å². The van der Waals surface area contributed by atoms with E-state index in [0.29, 0.717) is 15.6 Å². The van der Waals surface area contributed by atoms with Crippen molar-refractivity contribution in [2.45, 2.75) is 13.0 Å². The molecule has 0 aromatic heterocycles. The number of hydrogen-bond acceptors (Lipinski definition) is 4. The van der Waals surface area contributed by atoms with Crippen LogP contribution in [0, 0.1) is 0 Å². The van der Waals surface area contributed by atoms with Gasteiger partial charge in [0.05, 0.1) is 11.6 Å². The molecule has 0 spiro atoms. The van der Waals surface area contributed by atoms with Gasteiger partial charge in [0, 0.05) is 29.8 Å². The fourth-order valence-electron chi connectivity index (χ4n) is 2.32. The molecule has 0 aliphatic heterocycles. The molecule has 0 saturated heterocycles. The second kappa shape index (κ2) is 8.92. The molecule has 0 radical (unpaired) electrons. The third-order valence-electron chi connectivity index (χ3n) is 3.76. The summed E-state index contributed by atoms with van der Waals surface area (Å²) in [6, 6.07) is 11.6. The van der Waals surface area contributed by atoms with Gasteiger partial charge >= 0.3 is 5.97 Å². The number of carbonyl (C=O) groups excluding carboxylic acids is 2. The van der Waals surface area contributed by atoms with Gasteiger partial charge in [-0.1, -0.05) is 29.3 Å². The van der Waals surface area contributed by atoms with Crippen molar-refractivity contribution in [3.63, 3.8) is 0 Å². The number of hydrogen-bond donors (Lipinski definition) is 1. The smallest absolute Gasteiger partial charge is 0.338 e. The van der Waals surface area contributed by atoms with Gasteiger partial charge in [-0.15, -0.1) is 0 Å². The van der Waals surface area contributed by atoms with Crippen LogP contribution in [-0.2, 0) is 9.53 Å². The van der Waals surface area contributed by atoms with Crippen LogP contribution >= 0.6 is 23.2 Å². The highest BCUT2D eigenvalue weighted by Crippen LogP contribution is 2.26. The number of benzene rings is 2. The second-order valence-corrected chi connectivity index (χ2v) is 6.82. The quantitative estimate of drug-likeness (QED) is 0.749. The molecule has 0 bridgehead atoms.